The molecule has 1 heterocycles. The number of hydrogen-bond acceptors (Lipinski definition) is 5. The normalized spacial score (nSPS) is 12.6. The van der Waals surface area contributed by atoms with Crippen LogP contribution in [0.2, 0.25) is 0 Å². The van der Waals surface area contributed by atoms with Gasteiger partial charge in [-0.05, 0) is 25.1 Å². The van der Waals surface area contributed by atoms with E-state index in [-0.39, 0.29) is 12.6 Å². The number of aromatic nitrogens is 2. The maximum Gasteiger partial charge on any atom is 0.139 e. The molecule has 1 aromatic carbocycles. The van der Waals surface area contributed by atoms with Gasteiger partial charge in [-0.3, -0.25) is 0 Å². The molecule has 1 atom stereocenters. The van der Waals surface area contributed by atoms with Crippen LogP contribution in [0.5, 0.6) is 0 Å². The molecule has 0 amide bonds. The Morgan fingerprint density at radius 3 is 2.88 bits per heavy atom. The van der Waals surface area contributed by atoms with Crippen molar-refractivity contribution in [3.63, 3.8) is 0 Å². The fourth-order valence-corrected chi connectivity index (χ4v) is 1.67. The maximum absolute atomic E-state index is 9.18. The molecule has 0 saturated carbocycles. The minimum absolute atomic E-state index is 0.00523. The van der Waals surface area contributed by atoms with Crippen molar-refractivity contribution in [3.05, 3.63) is 24.5 Å². The Hall–Kier alpha value is -1.88. The molecule has 0 saturated heterocycles. The van der Waals surface area contributed by atoms with E-state index in [1.807, 2.05) is 37.1 Å². The maximum atomic E-state index is 9.18. The average molecular weight is 232 g/mol. The van der Waals surface area contributed by atoms with Crippen LogP contribution in [0.15, 0.2) is 24.5 Å². The monoisotopic (exact) mass is 232 g/mol. The standard InChI is InChI=1S/C12H16N4O/c1-8(6-17)16(2)12-10-4-3-9(13)5-11(10)14-7-15-12/h3-5,7-8,17H,6,13H2,1-2H3. The van der Waals surface area contributed by atoms with Crippen molar-refractivity contribution in [1.82, 2.24) is 9.97 Å². The highest BCUT2D eigenvalue weighted by Gasteiger charge is 2.13. The third-order valence-electron chi connectivity index (χ3n) is 2.90. The first kappa shape index (κ1) is 11.6. The molecule has 2 rings (SSSR count). The minimum atomic E-state index is 0.00523. The lowest BCUT2D eigenvalue weighted by molar-refractivity contribution is 0.270. The van der Waals surface area contributed by atoms with Gasteiger partial charge in [0.25, 0.3) is 0 Å². The highest BCUT2D eigenvalue weighted by molar-refractivity contribution is 5.91. The second kappa shape index (κ2) is 4.55. The number of rotatable bonds is 3. The smallest absolute Gasteiger partial charge is 0.139 e. The van der Waals surface area contributed by atoms with Crippen LogP contribution in [0.25, 0.3) is 10.9 Å². The molecular formula is C12H16N4O. The van der Waals surface area contributed by atoms with E-state index in [4.69, 9.17) is 5.73 Å². The van der Waals surface area contributed by atoms with Crippen LogP contribution in [0, 0.1) is 0 Å². The second-order valence-electron chi connectivity index (χ2n) is 4.12. The first-order chi connectivity index (χ1) is 8.13. The van der Waals surface area contributed by atoms with E-state index in [1.54, 1.807) is 0 Å². The van der Waals surface area contributed by atoms with Crippen LogP contribution >= 0.6 is 0 Å². The number of nitrogen functional groups attached to an aromatic ring is 1. The van der Waals surface area contributed by atoms with Crippen molar-refractivity contribution < 1.29 is 5.11 Å². The minimum Gasteiger partial charge on any atom is -0.399 e. The molecule has 3 N–H and O–H groups in total. The van der Waals surface area contributed by atoms with Gasteiger partial charge in [0.2, 0.25) is 0 Å². The van der Waals surface area contributed by atoms with Gasteiger partial charge < -0.3 is 15.7 Å². The highest BCUT2D eigenvalue weighted by Crippen LogP contribution is 2.24. The van der Waals surface area contributed by atoms with Crippen molar-refractivity contribution in [1.29, 1.82) is 0 Å². The molecule has 1 aromatic heterocycles. The Balaban J connectivity index is 2.54. The molecule has 5 nitrogen and oxygen atoms in total. The number of likely N-dealkylation sites (N-methyl/N-ethyl adjacent to an activating group) is 1. The lowest BCUT2D eigenvalue weighted by Crippen LogP contribution is -2.32. The first-order valence-corrected chi connectivity index (χ1v) is 5.47. The summed E-state index contributed by atoms with van der Waals surface area (Å²) in [4.78, 5) is 10.4. The fourth-order valence-electron chi connectivity index (χ4n) is 1.67. The number of benzene rings is 1. The van der Waals surface area contributed by atoms with E-state index in [9.17, 15) is 5.11 Å². The number of nitrogens with two attached hydrogens (primary N) is 1. The fraction of sp³-hybridized carbons (Fsp3) is 0.333. The van der Waals surface area contributed by atoms with Gasteiger partial charge in [0.15, 0.2) is 0 Å². The number of anilines is 2. The Bertz CT molecular complexity index is 529. The quantitative estimate of drug-likeness (QED) is 0.773. The summed E-state index contributed by atoms with van der Waals surface area (Å²) in [7, 11) is 1.90. The van der Waals surface area contributed by atoms with Gasteiger partial charge in [0.05, 0.1) is 18.2 Å². The third-order valence-corrected chi connectivity index (χ3v) is 2.90. The topological polar surface area (TPSA) is 75.3 Å². The van der Waals surface area contributed by atoms with Gasteiger partial charge in [0.1, 0.15) is 12.1 Å². The molecule has 1 unspecified atom stereocenters. The highest BCUT2D eigenvalue weighted by atomic mass is 16.3. The number of hydrogen-bond donors (Lipinski definition) is 2. The van der Waals surface area contributed by atoms with Crippen molar-refractivity contribution in [2.24, 2.45) is 0 Å². The lowest BCUT2D eigenvalue weighted by Gasteiger charge is -2.25. The van der Waals surface area contributed by atoms with Crippen molar-refractivity contribution in [3.8, 4) is 0 Å². The van der Waals surface area contributed by atoms with Crippen LogP contribution < -0.4 is 10.6 Å². The number of fused-ring (bicyclic) bond motifs is 1. The lowest BCUT2D eigenvalue weighted by atomic mass is 10.2. The summed E-state index contributed by atoms with van der Waals surface area (Å²) < 4.78 is 0. The molecular weight excluding hydrogens is 216 g/mol. The van der Waals surface area contributed by atoms with Crippen LogP contribution in [-0.2, 0) is 0 Å². The summed E-state index contributed by atoms with van der Waals surface area (Å²) >= 11 is 0. The Labute approximate surface area is 99.9 Å². The van der Waals surface area contributed by atoms with E-state index < -0.39 is 0 Å². The largest absolute Gasteiger partial charge is 0.399 e. The number of aliphatic hydroxyl groups excluding tert-OH is 1. The molecule has 0 aliphatic heterocycles. The molecule has 17 heavy (non-hydrogen) atoms. The van der Waals surface area contributed by atoms with Crippen LogP contribution in [-0.4, -0.2) is 34.8 Å². The first-order valence-electron chi connectivity index (χ1n) is 5.47. The van der Waals surface area contributed by atoms with E-state index in [0.717, 1.165) is 16.7 Å². The summed E-state index contributed by atoms with van der Waals surface area (Å²) in [5.41, 5.74) is 7.21. The Morgan fingerprint density at radius 1 is 1.41 bits per heavy atom. The zero-order valence-electron chi connectivity index (χ0n) is 9.96. The summed E-state index contributed by atoms with van der Waals surface area (Å²) in [6.07, 6.45) is 1.51. The number of aliphatic hydroxyl groups is 1. The zero-order valence-corrected chi connectivity index (χ0v) is 9.96. The molecule has 0 aliphatic carbocycles. The molecule has 0 spiro atoms. The van der Waals surface area contributed by atoms with Crippen molar-refractivity contribution >= 4 is 22.4 Å². The van der Waals surface area contributed by atoms with E-state index in [2.05, 4.69) is 9.97 Å². The number of nitrogens with zero attached hydrogens (tertiary/aromatic N) is 3. The van der Waals surface area contributed by atoms with Gasteiger partial charge in [0, 0.05) is 18.1 Å². The van der Waals surface area contributed by atoms with Crippen LogP contribution in [0.3, 0.4) is 0 Å². The Morgan fingerprint density at radius 2 is 2.18 bits per heavy atom. The van der Waals surface area contributed by atoms with Gasteiger partial charge >= 0.3 is 0 Å². The molecule has 0 fully saturated rings. The molecule has 0 radical (unpaired) electrons. The molecule has 5 heteroatoms. The van der Waals surface area contributed by atoms with Crippen molar-refractivity contribution in [2.75, 3.05) is 24.3 Å². The molecule has 0 aliphatic rings. The van der Waals surface area contributed by atoms with Crippen LogP contribution in [0.1, 0.15) is 6.92 Å². The second-order valence-corrected chi connectivity index (χ2v) is 4.12. The summed E-state index contributed by atoms with van der Waals surface area (Å²) in [6, 6.07) is 5.55. The van der Waals surface area contributed by atoms with Gasteiger partial charge in [-0.15, -0.1) is 0 Å². The zero-order chi connectivity index (χ0) is 12.4. The van der Waals surface area contributed by atoms with Gasteiger partial charge in [-0.1, -0.05) is 0 Å². The van der Waals surface area contributed by atoms with Gasteiger partial charge in [-0.25, -0.2) is 9.97 Å². The average Bonchev–Trinajstić information content (AvgIpc) is 2.35. The van der Waals surface area contributed by atoms with E-state index in [0.29, 0.717) is 5.69 Å². The molecule has 0 bridgehead atoms. The van der Waals surface area contributed by atoms with Crippen LogP contribution in [0.4, 0.5) is 11.5 Å². The van der Waals surface area contributed by atoms with E-state index >= 15 is 0 Å². The predicted octanol–water partition coefficient (Wildman–Crippen LogP) is 1.03. The third kappa shape index (κ3) is 2.14. The SMILES string of the molecule is CC(CO)N(C)c1ncnc2cc(N)ccc12. The van der Waals surface area contributed by atoms with Gasteiger partial charge in [-0.2, -0.15) is 0 Å². The van der Waals surface area contributed by atoms with E-state index in [1.165, 1.54) is 6.33 Å². The van der Waals surface area contributed by atoms with Crippen molar-refractivity contribution in [2.45, 2.75) is 13.0 Å². The summed E-state index contributed by atoms with van der Waals surface area (Å²) in [5, 5.41) is 10.1. The molecule has 90 valence electrons. The predicted molar refractivity (Wildman–Crippen MR) is 68.9 cm³/mol. The molecule has 2 aromatic rings. The summed E-state index contributed by atoms with van der Waals surface area (Å²) in [6.45, 7) is 2.02. The Kier molecular flexibility index (Phi) is 3.10. The summed E-state index contributed by atoms with van der Waals surface area (Å²) in [5.74, 6) is 0.802.